The molecule has 2 unspecified atom stereocenters. The minimum Gasteiger partial charge on any atom is -0.299 e. The molecule has 0 aromatic heterocycles. The Morgan fingerprint density at radius 2 is 2.07 bits per heavy atom. The molecule has 1 aliphatic carbocycles. The van der Waals surface area contributed by atoms with E-state index in [0.717, 1.165) is 25.7 Å². The highest BCUT2D eigenvalue weighted by Gasteiger charge is 2.33. The molecule has 15 heavy (non-hydrogen) atoms. The molecule has 0 aliphatic heterocycles. The Morgan fingerprint density at radius 1 is 1.40 bits per heavy atom. The molecule has 2 atom stereocenters. The molecule has 86 valence electrons. The minimum absolute atomic E-state index is 0.291. The molecule has 1 fully saturated rings. The number of hydrogen-bond acceptors (Lipinski definition) is 1. The van der Waals surface area contributed by atoms with Gasteiger partial charge in [0.1, 0.15) is 5.78 Å². The maximum Gasteiger partial charge on any atom is 0.136 e. The predicted molar refractivity (Wildman–Crippen MR) is 64.7 cm³/mol. The van der Waals surface area contributed by atoms with Crippen molar-refractivity contribution < 1.29 is 4.79 Å². The summed E-state index contributed by atoms with van der Waals surface area (Å²) in [6.07, 6.45) is 8.11. The average Bonchev–Trinajstić information content (AvgIpc) is 2.15. The van der Waals surface area contributed by atoms with E-state index in [1.807, 2.05) is 13.0 Å². The summed E-state index contributed by atoms with van der Waals surface area (Å²) < 4.78 is 0. The number of allylic oxidation sites excluding steroid dienone is 2. The van der Waals surface area contributed by atoms with Gasteiger partial charge >= 0.3 is 0 Å². The Hall–Kier alpha value is -0.590. The molecule has 1 rings (SSSR count). The van der Waals surface area contributed by atoms with Gasteiger partial charge in [-0.25, -0.2) is 0 Å². The zero-order valence-electron chi connectivity index (χ0n) is 10.5. The topological polar surface area (TPSA) is 17.1 Å². The van der Waals surface area contributed by atoms with E-state index in [9.17, 15) is 4.79 Å². The lowest BCUT2D eigenvalue weighted by molar-refractivity contribution is -0.126. The van der Waals surface area contributed by atoms with E-state index in [0.29, 0.717) is 23.0 Å². The molecular weight excluding hydrogens is 184 g/mol. The zero-order chi connectivity index (χ0) is 11.5. The van der Waals surface area contributed by atoms with E-state index in [1.54, 1.807) is 0 Å². The highest BCUT2D eigenvalue weighted by Crippen LogP contribution is 2.39. The van der Waals surface area contributed by atoms with Crippen LogP contribution in [0.5, 0.6) is 0 Å². The third-order valence-electron chi connectivity index (χ3n) is 3.64. The van der Waals surface area contributed by atoms with Crippen molar-refractivity contribution in [3.63, 3.8) is 0 Å². The Bertz CT molecular complexity index is 245. The summed E-state index contributed by atoms with van der Waals surface area (Å²) >= 11 is 0. The monoisotopic (exact) mass is 208 g/mol. The van der Waals surface area contributed by atoms with E-state index in [1.165, 1.54) is 0 Å². The van der Waals surface area contributed by atoms with Crippen molar-refractivity contribution in [1.82, 2.24) is 0 Å². The molecule has 0 aromatic rings. The van der Waals surface area contributed by atoms with Crippen molar-refractivity contribution in [3.8, 4) is 0 Å². The summed E-state index contributed by atoms with van der Waals surface area (Å²) in [7, 11) is 0. The van der Waals surface area contributed by atoms with Gasteiger partial charge in [0.15, 0.2) is 0 Å². The summed E-state index contributed by atoms with van der Waals surface area (Å²) in [5.41, 5.74) is 0.356. The zero-order valence-corrected chi connectivity index (χ0v) is 10.5. The third kappa shape index (κ3) is 3.48. The molecule has 0 N–H and O–H groups in total. The smallest absolute Gasteiger partial charge is 0.136 e. The van der Waals surface area contributed by atoms with Crippen LogP contribution in [0.2, 0.25) is 0 Å². The van der Waals surface area contributed by atoms with E-state index < -0.39 is 0 Å². The van der Waals surface area contributed by atoms with Crippen LogP contribution in [-0.2, 0) is 4.79 Å². The molecule has 1 nitrogen and oxygen atoms in total. The van der Waals surface area contributed by atoms with Crippen molar-refractivity contribution in [2.45, 2.75) is 53.4 Å². The molecule has 0 spiro atoms. The number of carbonyl (C=O) groups excluding carboxylic acids is 1. The third-order valence-corrected chi connectivity index (χ3v) is 3.64. The highest BCUT2D eigenvalue weighted by molar-refractivity contribution is 5.81. The molecule has 0 aromatic carbocycles. The standard InChI is InChI=1S/C14H24O/c1-5-6-7-11-10-12(14(2,3)4)8-9-13(11)15/h5-6,11-12H,7-10H2,1-4H3. The van der Waals surface area contributed by atoms with Crippen LogP contribution in [0.15, 0.2) is 12.2 Å². The fourth-order valence-corrected chi connectivity index (χ4v) is 2.43. The Kier molecular flexibility index (Phi) is 4.12. The maximum atomic E-state index is 11.7. The largest absolute Gasteiger partial charge is 0.299 e. The van der Waals surface area contributed by atoms with Gasteiger partial charge in [0.2, 0.25) is 0 Å². The number of hydrogen-bond donors (Lipinski definition) is 0. The molecule has 0 bridgehead atoms. The second-order valence-corrected chi connectivity index (χ2v) is 5.81. The molecule has 0 radical (unpaired) electrons. The minimum atomic E-state index is 0.291. The molecule has 0 saturated heterocycles. The predicted octanol–water partition coefficient (Wildman–Crippen LogP) is 3.98. The van der Waals surface area contributed by atoms with Crippen molar-refractivity contribution in [2.75, 3.05) is 0 Å². The summed E-state index contributed by atoms with van der Waals surface area (Å²) in [6, 6.07) is 0. The SMILES string of the molecule is CC=CCC1CC(C(C)(C)C)CCC1=O. The first kappa shape index (κ1) is 12.5. The first-order chi connectivity index (χ1) is 6.95. The lowest BCUT2D eigenvalue weighted by atomic mass is 9.68. The van der Waals surface area contributed by atoms with Crippen molar-refractivity contribution in [1.29, 1.82) is 0 Å². The molecular formula is C14H24O. The molecule has 1 aliphatic rings. The summed E-state index contributed by atoms with van der Waals surface area (Å²) in [4.78, 5) is 11.7. The van der Waals surface area contributed by atoms with Crippen LogP contribution in [0, 0.1) is 17.3 Å². The van der Waals surface area contributed by atoms with E-state index >= 15 is 0 Å². The molecule has 1 saturated carbocycles. The fourth-order valence-electron chi connectivity index (χ4n) is 2.43. The average molecular weight is 208 g/mol. The van der Waals surface area contributed by atoms with Crippen LogP contribution in [0.4, 0.5) is 0 Å². The summed E-state index contributed by atoms with van der Waals surface area (Å²) in [6.45, 7) is 8.90. The van der Waals surface area contributed by atoms with Gasteiger partial charge in [-0.2, -0.15) is 0 Å². The summed E-state index contributed by atoms with van der Waals surface area (Å²) in [5.74, 6) is 1.48. The van der Waals surface area contributed by atoms with Crippen LogP contribution >= 0.6 is 0 Å². The van der Waals surface area contributed by atoms with Gasteiger partial charge in [-0.3, -0.25) is 4.79 Å². The van der Waals surface area contributed by atoms with Gasteiger partial charge in [-0.05, 0) is 37.5 Å². The van der Waals surface area contributed by atoms with Gasteiger partial charge < -0.3 is 0 Å². The Labute approximate surface area is 93.9 Å². The fraction of sp³-hybridized carbons (Fsp3) is 0.786. The number of ketones is 1. The van der Waals surface area contributed by atoms with Gasteiger partial charge in [0.25, 0.3) is 0 Å². The number of rotatable bonds is 2. The second kappa shape index (κ2) is 4.96. The molecule has 0 amide bonds. The van der Waals surface area contributed by atoms with Crippen LogP contribution in [0.1, 0.15) is 53.4 Å². The normalized spacial score (nSPS) is 28.7. The van der Waals surface area contributed by atoms with Crippen molar-refractivity contribution >= 4 is 5.78 Å². The van der Waals surface area contributed by atoms with Crippen LogP contribution in [0.25, 0.3) is 0 Å². The number of carbonyl (C=O) groups is 1. The van der Waals surface area contributed by atoms with Crippen LogP contribution in [0.3, 0.4) is 0 Å². The first-order valence-electron chi connectivity index (χ1n) is 6.09. The van der Waals surface area contributed by atoms with E-state index in [4.69, 9.17) is 0 Å². The lowest BCUT2D eigenvalue weighted by Crippen LogP contribution is -2.31. The van der Waals surface area contributed by atoms with Crippen molar-refractivity contribution in [3.05, 3.63) is 12.2 Å². The summed E-state index contributed by atoms with van der Waals surface area (Å²) in [5, 5.41) is 0. The van der Waals surface area contributed by atoms with Crippen LogP contribution in [-0.4, -0.2) is 5.78 Å². The van der Waals surface area contributed by atoms with Crippen molar-refractivity contribution in [2.24, 2.45) is 17.3 Å². The molecule has 0 heterocycles. The quantitative estimate of drug-likeness (QED) is 0.627. The highest BCUT2D eigenvalue weighted by atomic mass is 16.1. The first-order valence-corrected chi connectivity index (χ1v) is 6.09. The molecule has 1 heteroatoms. The lowest BCUT2D eigenvalue weighted by Gasteiger charge is -2.36. The van der Waals surface area contributed by atoms with Gasteiger partial charge in [-0.15, -0.1) is 0 Å². The second-order valence-electron chi connectivity index (χ2n) is 5.81. The van der Waals surface area contributed by atoms with E-state index in [-0.39, 0.29) is 0 Å². The van der Waals surface area contributed by atoms with E-state index in [2.05, 4.69) is 26.8 Å². The van der Waals surface area contributed by atoms with Gasteiger partial charge in [-0.1, -0.05) is 32.9 Å². The maximum absolute atomic E-state index is 11.7. The number of Topliss-reactive ketones (excluding diaryl/α,β-unsaturated/α-hetero) is 1. The Morgan fingerprint density at radius 3 is 2.60 bits per heavy atom. The van der Waals surface area contributed by atoms with Gasteiger partial charge in [0, 0.05) is 12.3 Å². The van der Waals surface area contributed by atoms with Gasteiger partial charge in [0.05, 0.1) is 0 Å². The Balaban J connectivity index is 2.60. The van der Waals surface area contributed by atoms with Crippen LogP contribution < -0.4 is 0 Å².